The third kappa shape index (κ3) is 1.85. The first-order valence-corrected chi connectivity index (χ1v) is 7.12. The van der Waals surface area contributed by atoms with Crippen LogP contribution in [0.2, 0.25) is 0 Å². The minimum absolute atomic E-state index is 0.00449. The lowest BCUT2D eigenvalue weighted by molar-refractivity contribution is -0.112. The molecule has 0 aliphatic carbocycles. The predicted octanol–water partition coefficient (Wildman–Crippen LogP) is 1.53. The SMILES string of the molecule is C=CCn1c(O)c(C2=c3ccccc3=NC2=O)sc1=S. The van der Waals surface area contributed by atoms with Gasteiger partial charge in [-0.1, -0.05) is 24.3 Å². The minimum Gasteiger partial charge on any atom is -0.493 e. The van der Waals surface area contributed by atoms with E-state index in [9.17, 15) is 9.90 Å². The third-order valence-corrected chi connectivity index (χ3v) is 4.47. The zero-order valence-electron chi connectivity index (χ0n) is 10.4. The number of nitrogens with zero attached hydrogens (tertiary/aromatic N) is 2. The van der Waals surface area contributed by atoms with Gasteiger partial charge in [-0.25, -0.2) is 4.99 Å². The van der Waals surface area contributed by atoms with Crippen molar-refractivity contribution >= 4 is 35.0 Å². The molecule has 0 spiro atoms. The number of carbonyl (C=O) groups excluding carboxylic acids is 1. The van der Waals surface area contributed by atoms with Crippen molar-refractivity contribution in [2.75, 3.05) is 0 Å². The second-order valence-electron chi connectivity index (χ2n) is 4.23. The average Bonchev–Trinajstić information content (AvgIpc) is 2.89. The molecule has 1 amide bonds. The molecule has 1 aliphatic heterocycles. The Bertz CT molecular complexity index is 906. The Balaban J connectivity index is 2.34. The maximum atomic E-state index is 12.1. The van der Waals surface area contributed by atoms with Crippen molar-refractivity contribution in [3.05, 3.63) is 56.3 Å². The molecular formula is C14H10N2O2S2. The quantitative estimate of drug-likeness (QED) is 0.691. The van der Waals surface area contributed by atoms with E-state index in [2.05, 4.69) is 11.6 Å². The average molecular weight is 302 g/mol. The molecule has 3 rings (SSSR count). The highest BCUT2D eigenvalue weighted by Crippen LogP contribution is 2.32. The highest BCUT2D eigenvalue weighted by atomic mass is 32.1. The van der Waals surface area contributed by atoms with Crippen LogP contribution in [-0.4, -0.2) is 15.6 Å². The largest absolute Gasteiger partial charge is 0.493 e. The van der Waals surface area contributed by atoms with E-state index < -0.39 is 0 Å². The van der Waals surface area contributed by atoms with E-state index >= 15 is 0 Å². The number of para-hydroxylation sites is 1. The first kappa shape index (κ1) is 13.0. The van der Waals surface area contributed by atoms with E-state index in [-0.39, 0.29) is 11.8 Å². The molecule has 0 radical (unpaired) electrons. The number of carbonyl (C=O) groups is 1. The first-order valence-electron chi connectivity index (χ1n) is 5.89. The molecule has 6 heteroatoms. The number of hydrogen-bond donors (Lipinski definition) is 1. The van der Waals surface area contributed by atoms with Crippen molar-refractivity contribution < 1.29 is 9.90 Å². The normalized spacial score (nSPS) is 13.2. The van der Waals surface area contributed by atoms with Crippen LogP contribution in [0.1, 0.15) is 4.88 Å². The van der Waals surface area contributed by atoms with Gasteiger partial charge >= 0.3 is 0 Å². The summed E-state index contributed by atoms with van der Waals surface area (Å²) in [7, 11) is 0. The van der Waals surface area contributed by atoms with Crippen molar-refractivity contribution in [3.8, 4) is 5.88 Å². The summed E-state index contributed by atoms with van der Waals surface area (Å²) in [6.45, 7) is 4.03. The van der Waals surface area contributed by atoms with Crippen LogP contribution < -0.4 is 10.6 Å². The number of fused-ring (bicyclic) bond motifs is 1. The van der Waals surface area contributed by atoms with Gasteiger partial charge in [0.1, 0.15) is 4.88 Å². The Morgan fingerprint density at radius 2 is 2.20 bits per heavy atom. The number of aromatic hydroxyl groups is 1. The van der Waals surface area contributed by atoms with E-state index in [1.54, 1.807) is 16.7 Å². The van der Waals surface area contributed by atoms with Gasteiger partial charge in [-0.3, -0.25) is 9.36 Å². The predicted molar refractivity (Wildman–Crippen MR) is 79.7 cm³/mol. The van der Waals surface area contributed by atoms with E-state index in [4.69, 9.17) is 12.2 Å². The van der Waals surface area contributed by atoms with Gasteiger partial charge in [0.2, 0.25) is 5.88 Å². The summed E-state index contributed by atoms with van der Waals surface area (Å²) in [6, 6.07) is 7.25. The summed E-state index contributed by atoms with van der Waals surface area (Å²) in [5, 5.41) is 11.6. The van der Waals surface area contributed by atoms with Crippen molar-refractivity contribution in [3.63, 3.8) is 0 Å². The molecule has 0 bridgehead atoms. The highest BCUT2D eigenvalue weighted by molar-refractivity contribution is 7.73. The zero-order valence-corrected chi connectivity index (χ0v) is 12.0. The molecule has 1 N–H and O–H groups in total. The molecule has 1 aromatic heterocycles. The molecule has 20 heavy (non-hydrogen) atoms. The Hall–Kier alpha value is -2.05. The van der Waals surface area contributed by atoms with Gasteiger partial charge in [0, 0.05) is 11.8 Å². The van der Waals surface area contributed by atoms with Gasteiger partial charge in [0.05, 0.1) is 10.9 Å². The van der Waals surface area contributed by atoms with Crippen LogP contribution in [0, 0.1) is 3.95 Å². The molecule has 1 aromatic carbocycles. The first-order chi connectivity index (χ1) is 9.63. The fourth-order valence-corrected chi connectivity index (χ4v) is 3.49. The highest BCUT2D eigenvalue weighted by Gasteiger charge is 2.24. The second-order valence-corrected chi connectivity index (χ2v) is 5.87. The standard InChI is InChI=1S/C14H10N2O2S2/c1-2-7-16-13(18)11(20-14(16)19)10-8-5-3-4-6-9(8)15-12(10)17/h2-6,18H,1,7H2. The molecule has 0 saturated heterocycles. The number of benzene rings is 1. The zero-order chi connectivity index (χ0) is 14.3. The van der Waals surface area contributed by atoms with Gasteiger partial charge in [-0.2, -0.15) is 0 Å². The number of amides is 1. The lowest BCUT2D eigenvalue weighted by Gasteiger charge is -2.01. The smallest absolute Gasteiger partial charge is 0.279 e. The van der Waals surface area contributed by atoms with Gasteiger partial charge in [-0.15, -0.1) is 17.9 Å². The van der Waals surface area contributed by atoms with Gasteiger partial charge < -0.3 is 5.11 Å². The monoisotopic (exact) mass is 302 g/mol. The summed E-state index contributed by atoms with van der Waals surface area (Å²) in [6.07, 6.45) is 1.64. The summed E-state index contributed by atoms with van der Waals surface area (Å²) < 4.78 is 2.05. The third-order valence-electron chi connectivity index (χ3n) is 3.02. The van der Waals surface area contributed by atoms with E-state index in [0.717, 1.165) is 5.22 Å². The molecule has 4 nitrogen and oxygen atoms in total. The van der Waals surface area contributed by atoms with Crippen LogP contribution in [0.5, 0.6) is 5.88 Å². The fourth-order valence-electron chi connectivity index (χ4n) is 2.13. The van der Waals surface area contributed by atoms with Crippen molar-refractivity contribution in [1.29, 1.82) is 0 Å². The molecule has 0 saturated carbocycles. The van der Waals surface area contributed by atoms with Crippen molar-refractivity contribution in [2.45, 2.75) is 6.54 Å². The van der Waals surface area contributed by atoms with Crippen LogP contribution in [0.3, 0.4) is 0 Å². The summed E-state index contributed by atoms with van der Waals surface area (Å²) in [5.41, 5.74) is 0.414. The van der Waals surface area contributed by atoms with Crippen molar-refractivity contribution in [1.82, 2.24) is 4.57 Å². The van der Waals surface area contributed by atoms with Crippen LogP contribution in [0.15, 0.2) is 41.9 Å². The van der Waals surface area contributed by atoms with Gasteiger partial charge in [0.25, 0.3) is 5.91 Å². The molecule has 0 atom stereocenters. The maximum Gasteiger partial charge on any atom is 0.279 e. The fraction of sp³-hybridized carbons (Fsp3) is 0.0714. The number of rotatable bonds is 3. The molecule has 2 heterocycles. The number of aromatic nitrogens is 1. The molecule has 0 unspecified atom stereocenters. The summed E-state index contributed by atoms with van der Waals surface area (Å²) in [4.78, 5) is 16.6. The van der Waals surface area contributed by atoms with E-state index in [0.29, 0.717) is 26.3 Å². The molecule has 1 aliphatic rings. The Kier molecular flexibility index (Phi) is 3.11. The summed E-state index contributed by atoms with van der Waals surface area (Å²) >= 11 is 6.42. The second kappa shape index (κ2) is 4.81. The lowest BCUT2D eigenvalue weighted by atomic mass is 10.1. The number of thiazole rings is 1. The number of allylic oxidation sites excluding steroid dienone is 1. The van der Waals surface area contributed by atoms with E-state index in [1.807, 2.05) is 18.2 Å². The molecule has 2 aromatic rings. The molecular weight excluding hydrogens is 292 g/mol. The Morgan fingerprint density at radius 1 is 1.45 bits per heavy atom. The van der Waals surface area contributed by atoms with Crippen LogP contribution in [0.25, 0.3) is 5.57 Å². The van der Waals surface area contributed by atoms with Gasteiger partial charge in [-0.05, 0) is 18.3 Å². The maximum absolute atomic E-state index is 12.1. The number of hydrogen-bond acceptors (Lipinski definition) is 4. The molecule has 0 fully saturated rings. The topological polar surface area (TPSA) is 54.6 Å². The summed E-state index contributed by atoms with van der Waals surface area (Å²) in [5.74, 6) is -0.348. The van der Waals surface area contributed by atoms with Crippen molar-refractivity contribution in [2.24, 2.45) is 4.99 Å². The van der Waals surface area contributed by atoms with Crippen LogP contribution in [-0.2, 0) is 11.3 Å². The Labute approximate surface area is 123 Å². The van der Waals surface area contributed by atoms with Crippen LogP contribution in [0.4, 0.5) is 0 Å². The minimum atomic E-state index is -0.344. The lowest BCUT2D eigenvalue weighted by Crippen LogP contribution is -2.22. The Morgan fingerprint density at radius 3 is 2.95 bits per heavy atom. The van der Waals surface area contributed by atoms with Gasteiger partial charge in [0.15, 0.2) is 3.95 Å². The molecule has 100 valence electrons. The van der Waals surface area contributed by atoms with E-state index in [1.165, 1.54) is 11.3 Å². The van der Waals surface area contributed by atoms with Crippen LogP contribution >= 0.6 is 23.6 Å².